The molecule has 0 bridgehead atoms. The normalized spacial score (nSPS) is 16.6. The van der Waals surface area contributed by atoms with Gasteiger partial charge in [0.2, 0.25) is 10.4 Å². The number of aryl methyl sites for hydroxylation is 1. The summed E-state index contributed by atoms with van der Waals surface area (Å²) in [5.41, 5.74) is -0.106. The van der Waals surface area contributed by atoms with E-state index < -0.39 is 16.4 Å². The molecule has 0 fully saturated rings. The highest BCUT2D eigenvalue weighted by atomic mass is 32.3. The third-order valence-corrected chi connectivity index (χ3v) is 4.03. The minimum Gasteiger partial charge on any atom is -0.726 e. The smallest absolute Gasteiger partial charge is 0.352 e. The molecule has 24 heavy (non-hydrogen) atoms. The molecule has 1 atom stereocenters. The van der Waals surface area contributed by atoms with Crippen LogP contribution in [0, 0.1) is 0 Å². The van der Waals surface area contributed by atoms with E-state index in [1.165, 1.54) is 0 Å². The van der Waals surface area contributed by atoms with Crippen molar-refractivity contribution < 1.29 is 31.3 Å². The number of fused-ring (bicyclic) bond motifs is 1. The Kier molecular flexibility index (Phi) is 7.06. The lowest BCUT2D eigenvalue weighted by Crippen LogP contribution is -2.47. The number of carbonyl (C=O) groups excluding carboxylic acids is 1. The summed E-state index contributed by atoms with van der Waals surface area (Å²) in [5, 5.41) is 0. The Balaban J connectivity index is 0.000000413. The minimum absolute atomic E-state index is 0.122. The Labute approximate surface area is 140 Å². The number of carbonyl (C=O) groups is 1. The van der Waals surface area contributed by atoms with Crippen molar-refractivity contribution in [1.82, 2.24) is 4.57 Å². The van der Waals surface area contributed by atoms with E-state index in [-0.39, 0.29) is 23.8 Å². The molecule has 0 saturated carbocycles. The summed E-state index contributed by atoms with van der Waals surface area (Å²) in [4.78, 5) is 24.1. The van der Waals surface area contributed by atoms with E-state index in [0.29, 0.717) is 0 Å². The molecule has 2 heterocycles. The molecule has 2 rings (SSSR count). The third-order valence-electron chi connectivity index (χ3n) is 3.62. The zero-order valence-corrected chi connectivity index (χ0v) is 15.0. The van der Waals surface area contributed by atoms with Crippen molar-refractivity contribution in [3.8, 4) is 0 Å². The first-order valence-corrected chi connectivity index (χ1v) is 8.78. The van der Waals surface area contributed by atoms with Crippen LogP contribution in [0.5, 0.6) is 0 Å². The molecule has 1 aromatic heterocycles. The topological polar surface area (TPSA) is 119 Å². The quantitative estimate of drug-likeness (QED) is 0.317. The maximum absolute atomic E-state index is 12.3. The first-order valence-electron chi connectivity index (χ1n) is 7.45. The number of nitrogens with zero attached hydrogens (tertiary/aromatic N) is 2. The van der Waals surface area contributed by atoms with Gasteiger partial charge in [0.15, 0.2) is 5.56 Å². The average molecular weight is 362 g/mol. The van der Waals surface area contributed by atoms with Crippen molar-refractivity contribution in [3.63, 3.8) is 0 Å². The Bertz CT molecular complexity index is 755. The van der Waals surface area contributed by atoms with Crippen LogP contribution in [-0.4, -0.2) is 37.2 Å². The molecule has 1 aromatic rings. The molecule has 9 nitrogen and oxygen atoms in total. The molecule has 1 unspecified atom stereocenters. The van der Waals surface area contributed by atoms with Crippen molar-refractivity contribution in [2.24, 2.45) is 7.05 Å². The fourth-order valence-corrected chi connectivity index (χ4v) is 2.53. The number of esters is 1. The second kappa shape index (κ2) is 8.36. The van der Waals surface area contributed by atoms with E-state index in [4.69, 9.17) is 4.74 Å². The molecule has 0 aliphatic carbocycles. The Hall–Kier alpha value is -1.78. The lowest BCUT2D eigenvalue weighted by atomic mass is 10.0. The minimum atomic E-state index is -4.41. The molecule has 10 heteroatoms. The largest absolute Gasteiger partial charge is 0.726 e. The van der Waals surface area contributed by atoms with E-state index in [9.17, 15) is 22.6 Å². The average Bonchev–Trinajstić information content (AvgIpc) is 2.51. The number of rotatable bonds is 3. The predicted octanol–water partition coefficient (Wildman–Crippen LogP) is -0.160. The summed E-state index contributed by atoms with van der Waals surface area (Å²) >= 11 is 0. The fourth-order valence-electron chi connectivity index (χ4n) is 2.53. The van der Waals surface area contributed by atoms with Gasteiger partial charge in [-0.25, -0.2) is 22.6 Å². The van der Waals surface area contributed by atoms with E-state index in [1.807, 2.05) is 18.5 Å². The molecule has 0 N–H and O–H groups in total. The summed E-state index contributed by atoms with van der Waals surface area (Å²) in [6, 6.07) is 0.141. The van der Waals surface area contributed by atoms with Gasteiger partial charge < -0.3 is 9.29 Å². The lowest BCUT2D eigenvalue weighted by Gasteiger charge is -2.19. The monoisotopic (exact) mass is 362 g/mol. The lowest BCUT2D eigenvalue weighted by molar-refractivity contribution is -0.685. The number of hydrogen-bond acceptors (Lipinski definition) is 7. The highest BCUT2D eigenvalue weighted by molar-refractivity contribution is 7.80. The Morgan fingerprint density at radius 1 is 1.50 bits per heavy atom. The summed E-state index contributed by atoms with van der Waals surface area (Å²) in [6.45, 7) is 4.02. The molecule has 0 aromatic carbocycles. The SMILES string of the molecule is CCOC(=O)c1c[n+](C)c2n(c1=O)C(C)CCC2.COS(=O)(=O)[O-]. The molecule has 0 saturated heterocycles. The van der Waals surface area contributed by atoms with Gasteiger partial charge in [0.1, 0.15) is 12.2 Å². The highest BCUT2D eigenvalue weighted by Crippen LogP contribution is 2.19. The second-order valence-electron chi connectivity index (χ2n) is 5.28. The first-order chi connectivity index (χ1) is 11.1. The summed E-state index contributed by atoms with van der Waals surface area (Å²) in [7, 11) is -1.74. The molecular formula is C14H22N2O7S. The summed E-state index contributed by atoms with van der Waals surface area (Å²) in [6.07, 6.45) is 4.51. The van der Waals surface area contributed by atoms with Crippen molar-refractivity contribution >= 4 is 16.4 Å². The zero-order valence-electron chi connectivity index (χ0n) is 14.1. The van der Waals surface area contributed by atoms with Crippen LogP contribution in [0.3, 0.4) is 0 Å². The van der Waals surface area contributed by atoms with E-state index >= 15 is 0 Å². The Morgan fingerprint density at radius 2 is 2.08 bits per heavy atom. The van der Waals surface area contributed by atoms with Gasteiger partial charge in [-0.1, -0.05) is 0 Å². The van der Waals surface area contributed by atoms with Gasteiger partial charge in [0, 0.05) is 6.42 Å². The van der Waals surface area contributed by atoms with Crippen LogP contribution in [0.4, 0.5) is 0 Å². The third kappa shape index (κ3) is 5.11. The van der Waals surface area contributed by atoms with Crippen LogP contribution in [-0.2, 0) is 32.8 Å². The van der Waals surface area contributed by atoms with Gasteiger partial charge in [-0.3, -0.25) is 4.18 Å². The highest BCUT2D eigenvalue weighted by Gasteiger charge is 2.30. The summed E-state index contributed by atoms with van der Waals surface area (Å²) in [5.74, 6) is 0.443. The zero-order chi connectivity index (χ0) is 18.5. The maximum Gasteiger partial charge on any atom is 0.352 e. The fraction of sp³-hybridized carbons (Fsp3) is 0.643. The van der Waals surface area contributed by atoms with E-state index in [0.717, 1.165) is 32.2 Å². The van der Waals surface area contributed by atoms with Crippen LogP contribution >= 0.6 is 0 Å². The van der Waals surface area contributed by atoms with Crippen LogP contribution in [0.1, 0.15) is 48.9 Å². The first kappa shape index (κ1) is 20.3. The number of hydrogen-bond donors (Lipinski definition) is 0. The van der Waals surface area contributed by atoms with Gasteiger partial charge in [0.25, 0.3) is 5.82 Å². The van der Waals surface area contributed by atoms with Gasteiger partial charge in [-0.05, 0) is 26.7 Å². The van der Waals surface area contributed by atoms with Crippen molar-refractivity contribution in [3.05, 3.63) is 27.9 Å². The molecular weight excluding hydrogens is 340 g/mol. The van der Waals surface area contributed by atoms with Crippen molar-refractivity contribution in [2.45, 2.75) is 39.2 Å². The molecule has 0 spiro atoms. The van der Waals surface area contributed by atoms with Gasteiger partial charge in [-0.15, -0.1) is 0 Å². The van der Waals surface area contributed by atoms with Crippen LogP contribution in [0.2, 0.25) is 0 Å². The van der Waals surface area contributed by atoms with Gasteiger partial charge >= 0.3 is 11.5 Å². The van der Waals surface area contributed by atoms with E-state index in [2.05, 4.69) is 4.18 Å². The Morgan fingerprint density at radius 3 is 2.58 bits per heavy atom. The van der Waals surface area contributed by atoms with Crippen LogP contribution < -0.4 is 10.1 Å². The van der Waals surface area contributed by atoms with Crippen molar-refractivity contribution in [2.75, 3.05) is 13.7 Å². The molecule has 1 aliphatic rings. The number of aromatic nitrogens is 2. The molecule has 0 radical (unpaired) electrons. The van der Waals surface area contributed by atoms with Crippen LogP contribution in [0.15, 0.2) is 11.0 Å². The summed E-state index contributed by atoms with van der Waals surface area (Å²) < 4.78 is 39.5. The standard InChI is InChI=1S/C13H19N2O3.CH4O4S/c1-4-18-13(17)10-8-14(3)11-7-5-6-9(2)15(11)12(10)16;1-5-6(2,3)4/h8-9H,4-7H2,1-3H3;1H3,(H,2,3,4)/q+1;/p-1. The molecule has 1 aliphatic heterocycles. The van der Waals surface area contributed by atoms with Gasteiger partial charge in [-0.2, -0.15) is 4.57 Å². The van der Waals surface area contributed by atoms with Crippen LogP contribution in [0.25, 0.3) is 0 Å². The second-order valence-corrected chi connectivity index (χ2v) is 6.43. The predicted molar refractivity (Wildman–Crippen MR) is 82.2 cm³/mol. The molecule has 136 valence electrons. The number of ether oxygens (including phenoxy) is 1. The van der Waals surface area contributed by atoms with Gasteiger partial charge in [0.05, 0.1) is 20.8 Å². The van der Waals surface area contributed by atoms with E-state index in [1.54, 1.807) is 17.7 Å². The van der Waals surface area contributed by atoms with Crippen molar-refractivity contribution in [1.29, 1.82) is 0 Å². The molecule has 0 amide bonds. The maximum atomic E-state index is 12.3.